The molecule has 15 heteroatoms. The minimum absolute atomic E-state index is 0.0236. The van der Waals surface area contributed by atoms with Crippen LogP contribution < -0.4 is 20.9 Å². The Kier molecular flexibility index (Phi) is 9.99. The summed E-state index contributed by atoms with van der Waals surface area (Å²) in [6.07, 6.45) is -2.69. The SMILES string of the molecule is CCC(OC(=O)OC(C)C)Oc1c(C(=O)NCc2ccc(F)cc2)nc(C(C)(C)NC(=O)c2nnc(C)o2)n(C)c1=O. The summed E-state index contributed by atoms with van der Waals surface area (Å²) in [7, 11) is 1.37. The highest BCUT2D eigenvalue weighted by Gasteiger charge is 2.34. The van der Waals surface area contributed by atoms with E-state index >= 15 is 0 Å². The monoisotopic (exact) mass is 588 g/mol. The molecule has 14 nitrogen and oxygen atoms in total. The van der Waals surface area contributed by atoms with Crippen LogP contribution in [0.15, 0.2) is 33.5 Å². The van der Waals surface area contributed by atoms with Crippen molar-refractivity contribution in [2.24, 2.45) is 7.05 Å². The van der Waals surface area contributed by atoms with E-state index in [0.29, 0.717) is 5.56 Å². The summed E-state index contributed by atoms with van der Waals surface area (Å²) in [5, 5.41) is 12.6. The highest BCUT2D eigenvalue weighted by Crippen LogP contribution is 2.23. The normalized spacial score (nSPS) is 12.0. The number of aromatic nitrogens is 4. The predicted molar refractivity (Wildman–Crippen MR) is 144 cm³/mol. The van der Waals surface area contributed by atoms with Crippen molar-refractivity contribution in [2.45, 2.75) is 72.4 Å². The minimum Gasteiger partial charge on any atom is -0.446 e. The maximum Gasteiger partial charge on any atom is 0.511 e. The van der Waals surface area contributed by atoms with E-state index in [2.05, 4.69) is 25.8 Å². The molecule has 0 spiro atoms. The number of carbonyl (C=O) groups excluding carboxylic acids is 3. The average Bonchev–Trinajstić information content (AvgIpc) is 3.36. The molecule has 0 radical (unpaired) electrons. The number of hydrogen-bond acceptors (Lipinski definition) is 11. The van der Waals surface area contributed by atoms with E-state index in [0.717, 1.165) is 4.57 Å². The molecule has 2 aromatic heterocycles. The fraction of sp³-hybridized carbons (Fsp3) is 0.444. The molecule has 0 aliphatic heterocycles. The van der Waals surface area contributed by atoms with Crippen LogP contribution in [0.1, 0.15) is 79.5 Å². The van der Waals surface area contributed by atoms with Gasteiger partial charge in [-0.2, -0.15) is 0 Å². The molecule has 0 saturated carbocycles. The lowest BCUT2D eigenvalue weighted by molar-refractivity contribution is -0.0732. The van der Waals surface area contributed by atoms with Gasteiger partial charge >= 0.3 is 18.0 Å². The number of halogens is 1. The third kappa shape index (κ3) is 7.89. The number of aryl methyl sites for hydroxylation is 1. The Morgan fingerprint density at radius 1 is 1.10 bits per heavy atom. The molecule has 226 valence electrons. The van der Waals surface area contributed by atoms with E-state index in [1.54, 1.807) is 34.6 Å². The lowest BCUT2D eigenvalue weighted by atomic mass is 10.0. The average molecular weight is 589 g/mol. The largest absolute Gasteiger partial charge is 0.511 e. The number of benzene rings is 1. The van der Waals surface area contributed by atoms with Gasteiger partial charge in [0, 0.05) is 26.9 Å². The van der Waals surface area contributed by atoms with Crippen molar-refractivity contribution in [3.05, 3.63) is 69.3 Å². The van der Waals surface area contributed by atoms with Crippen LogP contribution in [0.4, 0.5) is 9.18 Å². The van der Waals surface area contributed by atoms with E-state index in [9.17, 15) is 23.6 Å². The van der Waals surface area contributed by atoms with Crippen molar-refractivity contribution in [3.63, 3.8) is 0 Å². The molecular formula is C27H33FN6O8. The Morgan fingerprint density at radius 3 is 2.33 bits per heavy atom. The van der Waals surface area contributed by atoms with Crippen LogP contribution in [-0.2, 0) is 28.6 Å². The van der Waals surface area contributed by atoms with Crippen LogP contribution in [0.3, 0.4) is 0 Å². The van der Waals surface area contributed by atoms with Gasteiger partial charge in [-0.05, 0) is 45.4 Å². The maximum atomic E-state index is 13.6. The van der Waals surface area contributed by atoms with Crippen molar-refractivity contribution in [1.29, 1.82) is 0 Å². The number of nitrogens with zero attached hydrogens (tertiary/aromatic N) is 4. The van der Waals surface area contributed by atoms with Gasteiger partial charge in [-0.3, -0.25) is 19.0 Å². The minimum atomic E-state index is -1.35. The van der Waals surface area contributed by atoms with Crippen molar-refractivity contribution in [1.82, 2.24) is 30.4 Å². The second-order valence-corrected chi connectivity index (χ2v) is 9.98. The first-order valence-electron chi connectivity index (χ1n) is 13.0. The summed E-state index contributed by atoms with van der Waals surface area (Å²) in [6.45, 7) is 9.48. The molecular weight excluding hydrogens is 555 g/mol. The van der Waals surface area contributed by atoms with Crippen LogP contribution in [0, 0.1) is 12.7 Å². The van der Waals surface area contributed by atoms with Crippen molar-refractivity contribution >= 4 is 18.0 Å². The molecule has 0 aliphatic carbocycles. The van der Waals surface area contributed by atoms with Crippen LogP contribution in [0.5, 0.6) is 5.75 Å². The predicted octanol–water partition coefficient (Wildman–Crippen LogP) is 2.88. The third-order valence-corrected chi connectivity index (χ3v) is 5.68. The summed E-state index contributed by atoms with van der Waals surface area (Å²) >= 11 is 0. The summed E-state index contributed by atoms with van der Waals surface area (Å²) in [5.74, 6) is -2.65. The zero-order valence-corrected chi connectivity index (χ0v) is 24.3. The first kappa shape index (κ1) is 31.7. The number of nitrogens with one attached hydrogen (secondary N) is 2. The first-order valence-corrected chi connectivity index (χ1v) is 13.0. The van der Waals surface area contributed by atoms with Gasteiger partial charge < -0.3 is 29.3 Å². The summed E-state index contributed by atoms with van der Waals surface area (Å²) in [5.41, 5.74) is -2.02. The Hall–Kier alpha value is -4.82. The zero-order chi connectivity index (χ0) is 31.2. The molecule has 2 heterocycles. The number of ether oxygens (including phenoxy) is 3. The van der Waals surface area contributed by atoms with Crippen LogP contribution in [-0.4, -0.2) is 50.1 Å². The molecule has 1 unspecified atom stereocenters. The molecule has 2 N–H and O–H groups in total. The number of rotatable bonds is 11. The Labute approximate surface area is 240 Å². The van der Waals surface area contributed by atoms with Crippen molar-refractivity contribution in [3.8, 4) is 5.75 Å². The molecule has 2 amide bonds. The Morgan fingerprint density at radius 2 is 1.76 bits per heavy atom. The van der Waals surface area contributed by atoms with Gasteiger partial charge in [0.2, 0.25) is 17.9 Å². The smallest absolute Gasteiger partial charge is 0.446 e. The van der Waals surface area contributed by atoms with Crippen LogP contribution >= 0.6 is 0 Å². The van der Waals surface area contributed by atoms with E-state index < -0.39 is 58.7 Å². The fourth-order valence-electron chi connectivity index (χ4n) is 3.70. The highest BCUT2D eigenvalue weighted by molar-refractivity contribution is 5.95. The highest BCUT2D eigenvalue weighted by atomic mass is 19.1. The summed E-state index contributed by atoms with van der Waals surface area (Å²) < 4.78 is 35.5. The topological polar surface area (TPSA) is 177 Å². The van der Waals surface area contributed by atoms with Gasteiger partial charge in [0.25, 0.3) is 11.5 Å². The summed E-state index contributed by atoms with van der Waals surface area (Å²) in [6, 6.07) is 5.44. The lowest BCUT2D eigenvalue weighted by Crippen LogP contribution is -2.46. The van der Waals surface area contributed by atoms with Gasteiger partial charge in [0.15, 0.2) is 5.69 Å². The number of amides is 2. The fourth-order valence-corrected chi connectivity index (χ4v) is 3.70. The van der Waals surface area contributed by atoms with E-state index in [4.69, 9.17) is 18.6 Å². The van der Waals surface area contributed by atoms with Crippen molar-refractivity contribution < 1.29 is 37.4 Å². The van der Waals surface area contributed by atoms with E-state index in [1.165, 1.54) is 38.2 Å². The van der Waals surface area contributed by atoms with Gasteiger partial charge in [-0.1, -0.05) is 19.1 Å². The van der Waals surface area contributed by atoms with Crippen LogP contribution in [0.25, 0.3) is 0 Å². The zero-order valence-electron chi connectivity index (χ0n) is 24.3. The summed E-state index contributed by atoms with van der Waals surface area (Å²) in [4.78, 5) is 56.3. The lowest BCUT2D eigenvalue weighted by Gasteiger charge is -2.28. The molecule has 42 heavy (non-hydrogen) atoms. The van der Waals surface area contributed by atoms with E-state index in [-0.39, 0.29) is 30.6 Å². The molecule has 0 fully saturated rings. The second kappa shape index (κ2) is 13.2. The standard InChI is InChI=1S/C27H33FN6O8/c1-8-18(42-26(38)39-14(2)3)41-20-19(21(35)29-13-16-9-11-17(28)12-10-16)30-25(34(7)24(20)37)27(5,6)31-22(36)23-33-32-15(4)40-23/h9-12,14,18H,8,13H2,1-7H3,(H,29,35)(H,31,36). The van der Waals surface area contributed by atoms with Crippen LogP contribution in [0.2, 0.25) is 0 Å². The number of carbonyl (C=O) groups is 3. The number of hydrogen-bond donors (Lipinski definition) is 2. The Balaban J connectivity index is 2.01. The van der Waals surface area contributed by atoms with Gasteiger partial charge in [0.05, 0.1) is 11.6 Å². The molecule has 1 atom stereocenters. The molecule has 1 aromatic carbocycles. The maximum absolute atomic E-state index is 13.6. The first-order chi connectivity index (χ1) is 19.7. The Bertz CT molecular complexity index is 1500. The van der Waals surface area contributed by atoms with Gasteiger partial charge in [-0.15, -0.1) is 10.2 Å². The van der Waals surface area contributed by atoms with Crippen molar-refractivity contribution in [2.75, 3.05) is 0 Å². The van der Waals surface area contributed by atoms with Gasteiger partial charge in [0.1, 0.15) is 11.6 Å². The molecule has 3 aromatic rings. The van der Waals surface area contributed by atoms with E-state index in [1.807, 2.05) is 0 Å². The molecule has 0 aliphatic rings. The third-order valence-electron chi connectivity index (χ3n) is 5.68. The second-order valence-electron chi connectivity index (χ2n) is 9.98. The molecule has 0 bridgehead atoms. The quantitative estimate of drug-likeness (QED) is 0.249. The van der Waals surface area contributed by atoms with Gasteiger partial charge in [-0.25, -0.2) is 14.2 Å². The molecule has 3 rings (SSSR count). The molecule has 0 saturated heterocycles.